The highest BCUT2D eigenvalue weighted by molar-refractivity contribution is 9.10. The number of piperazine rings is 1. The van der Waals surface area contributed by atoms with E-state index in [2.05, 4.69) is 36.1 Å². The van der Waals surface area contributed by atoms with Gasteiger partial charge in [-0.2, -0.15) is 0 Å². The van der Waals surface area contributed by atoms with Crippen LogP contribution in [0.4, 0.5) is 5.95 Å². The smallest absolute Gasteiger partial charge is 0.225 e. The number of hydrogen-bond acceptors (Lipinski definition) is 4. The molecule has 0 aromatic carbocycles. The quantitative estimate of drug-likeness (QED) is 0.864. The van der Waals surface area contributed by atoms with E-state index in [-0.39, 0.29) is 5.54 Å². The normalized spacial score (nSPS) is 23.3. The molecule has 0 radical (unpaired) electrons. The summed E-state index contributed by atoms with van der Waals surface area (Å²) in [6, 6.07) is 0. The number of aromatic nitrogens is 2. The minimum atomic E-state index is 0.254. The standard InChI is InChI=1S/C13H19BrN4/c14-11-8-16-12(17-9-11)18-7-6-15-10-13(18)4-2-1-3-5-13/h8-9,15H,1-7,10H2. The predicted molar refractivity (Wildman–Crippen MR) is 75.8 cm³/mol. The molecule has 1 N–H and O–H groups in total. The van der Waals surface area contributed by atoms with Crippen LogP contribution >= 0.6 is 15.9 Å². The number of anilines is 1. The van der Waals surface area contributed by atoms with Crippen LogP contribution in [0.1, 0.15) is 32.1 Å². The van der Waals surface area contributed by atoms with Crippen molar-refractivity contribution >= 4 is 21.9 Å². The molecule has 0 amide bonds. The summed E-state index contributed by atoms with van der Waals surface area (Å²) in [6.45, 7) is 3.12. The van der Waals surface area contributed by atoms with Gasteiger partial charge in [0.25, 0.3) is 0 Å². The summed E-state index contributed by atoms with van der Waals surface area (Å²) in [6.07, 6.45) is 10.3. The maximum absolute atomic E-state index is 4.49. The third-order valence-corrected chi connectivity index (χ3v) is 4.58. The van der Waals surface area contributed by atoms with Crippen molar-refractivity contribution in [2.24, 2.45) is 0 Å². The van der Waals surface area contributed by atoms with E-state index in [0.29, 0.717) is 0 Å². The van der Waals surface area contributed by atoms with E-state index < -0.39 is 0 Å². The minimum absolute atomic E-state index is 0.254. The number of hydrogen-bond donors (Lipinski definition) is 1. The van der Waals surface area contributed by atoms with Gasteiger partial charge in [0.1, 0.15) is 0 Å². The Labute approximate surface area is 116 Å². The molecule has 2 heterocycles. The van der Waals surface area contributed by atoms with E-state index in [1.807, 2.05) is 12.4 Å². The molecule has 1 aliphatic heterocycles. The van der Waals surface area contributed by atoms with Crippen molar-refractivity contribution in [1.29, 1.82) is 0 Å². The van der Waals surface area contributed by atoms with Crippen molar-refractivity contribution in [2.45, 2.75) is 37.6 Å². The average Bonchev–Trinajstić information content (AvgIpc) is 2.42. The van der Waals surface area contributed by atoms with E-state index >= 15 is 0 Å². The summed E-state index contributed by atoms with van der Waals surface area (Å²) in [5.74, 6) is 0.890. The van der Waals surface area contributed by atoms with Gasteiger partial charge >= 0.3 is 0 Å². The van der Waals surface area contributed by atoms with Crippen molar-refractivity contribution in [3.05, 3.63) is 16.9 Å². The Hall–Kier alpha value is -0.680. The van der Waals surface area contributed by atoms with Gasteiger partial charge in [-0.1, -0.05) is 19.3 Å². The Kier molecular flexibility index (Phi) is 3.52. The molecular weight excluding hydrogens is 292 g/mol. The van der Waals surface area contributed by atoms with Gasteiger partial charge in [-0.3, -0.25) is 0 Å². The lowest BCUT2D eigenvalue weighted by Crippen LogP contribution is -2.62. The van der Waals surface area contributed by atoms with Gasteiger partial charge in [0.05, 0.1) is 10.0 Å². The topological polar surface area (TPSA) is 41.1 Å². The molecule has 0 atom stereocenters. The molecule has 0 unspecified atom stereocenters. The van der Waals surface area contributed by atoms with E-state index in [1.165, 1.54) is 32.1 Å². The van der Waals surface area contributed by atoms with Gasteiger partial charge in [-0.15, -0.1) is 0 Å². The van der Waals surface area contributed by atoms with Crippen molar-refractivity contribution in [3.8, 4) is 0 Å². The van der Waals surface area contributed by atoms with Crippen LogP contribution in [0.25, 0.3) is 0 Å². The van der Waals surface area contributed by atoms with Gasteiger partial charge in [-0.25, -0.2) is 9.97 Å². The lowest BCUT2D eigenvalue weighted by molar-refractivity contribution is 0.238. The van der Waals surface area contributed by atoms with Crippen LogP contribution in [0.15, 0.2) is 16.9 Å². The summed E-state index contributed by atoms with van der Waals surface area (Å²) >= 11 is 3.40. The number of halogens is 1. The summed E-state index contributed by atoms with van der Waals surface area (Å²) in [5.41, 5.74) is 0.254. The van der Waals surface area contributed by atoms with Gasteiger partial charge in [-0.05, 0) is 28.8 Å². The van der Waals surface area contributed by atoms with Crippen LogP contribution in [0.3, 0.4) is 0 Å². The van der Waals surface area contributed by atoms with E-state index in [9.17, 15) is 0 Å². The van der Waals surface area contributed by atoms with Crippen LogP contribution in [-0.4, -0.2) is 35.1 Å². The third kappa shape index (κ3) is 2.26. The molecular formula is C13H19BrN4. The molecule has 1 aromatic heterocycles. The van der Waals surface area contributed by atoms with Gasteiger partial charge in [0.2, 0.25) is 5.95 Å². The number of rotatable bonds is 1. The monoisotopic (exact) mass is 310 g/mol. The molecule has 3 rings (SSSR count). The van der Waals surface area contributed by atoms with Gasteiger partial charge < -0.3 is 10.2 Å². The molecule has 1 aliphatic carbocycles. The first-order chi connectivity index (χ1) is 8.80. The Morgan fingerprint density at radius 1 is 1.17 bits per heavy atom. The fourth-order valence-corrected chi connectivity index (χ4v) is 3.46. The van der Waals surface area contributed by atoms with Crippen LogP contribution < -0.4 is 10.2 Å². The van der Waals surface area contributed by atoms with Gasteiger partial charge in [0.15, 0.2) is 0 Å². The first-order valence-electron chi connectivity index (χ1n) is 6.76. The van der Waals surface area contributed by atoms with E-state index in [0.717, 1.165) is 30.1 Å². The highest BCUT2D eigenvalue weighted by Crippen LogP contribution is 2.36. The Morgan fingerprint density at radius 3 is 2.61 bits per heavy atom. The van der Waals surface area contributed by atoms with Crippen LogP contribution in [-0.2, 0) is 0 Å². The second-order valence-corrected chi connectivity index (χ2v) is 6.23. The average molecular weight is 311 g/mol. The predicted octanol–water partition coefficient (Wildman–Crippen LogP) is 2.35. The SMILES string of the molecule is Brc1cnc(N2CCNCC23CCCCC3)nc1. The van der Waals surface area contributed by atoms with Crippen molar-refractivity contribution in [1.82, 2.24) is 15.3 Å². The zero-order valence-electron chi connectivity index (χ0n) is 10.5. The Bertz CT molecular complexity index is 392. The second kappa shape index (κ2) is 5.13. The highest BCUT2D eigenvalue weighted by Gasteiger charge is 2.40. The molecule has 1 aromatic rings. The zero-order chi connectivity index (χ0) is 12.4. The molecule has 98 valence electrons. The molecule has 1 saturated carbocycles. The fourth-order valence-electron chi connectivity index (χ4n) is 3.26. The molecule has 2 fully saturated rings. The fraction of sp³-hybridized carbons (Fsp3) is 0.692. The molecule has 2 aliphatic rings. The number of nitrogens with one attached hydrogen (secondary N) is 1. The molecule has 5 heteroatoms. The van der Waals surface area contributed by atoms with Crippen molar-refractivity contribution in [2.75, 3.05) is 24.5 Å². The molecule has 1 saturated heterocycles. The first kappa shape index (κ1) is 12.4. The molecule has 0 bridgehead atoms. The van der Waals surface area contributed by atoms with Gasteiger partial charge in [0, 0.05) is 32.0 Å². The van der Waals surface area contributed by atoms with Crippen LogP contribution in [0.2, 0.25) is 0 Å². The minimum Gasteiger partial charge on any atom is -0.333 e. The molecule has 18 heavy (non-hydrogen) atoms. The van der Waals surface area contributed by atoms with Crippen molar-refractivity contribution in [3.63, 3.8) is 0 Å². The van der Waals surface area contributed by atoms with Crippen LogP contribution in [0, 0.1) is 0 Å². The Balaban J connectivity index is 1.89. The maximum atomic E-state index is 4.49. The largest absolute Gasteiger partial charge is 0.333 e. The maximum Gasteiger partial charge on any atom is 0.225 e. The molecule has 4 nitrogen and oxygen atoms in total. The first-order valence-corrected chi connectivity index (χ1v) is 7.55. The summed E-state index contributed by atoms with van der Waals surface area (Å²) in [4.78, 5) is 11.4. The zero-order valence-corrected chi connectivity index (χ0v) is 12.1. The summed E-state index contributed by atoms with van der Waals surface area (Å²) < 4.78 is 0.944. The van der Waals surface area contributed by atoms with E-state index in [1.54, 1.807) is 0 Å². The summed E-state index contributed by atoms with van der Waals surface area (Å²) in [7, 11) is 0. The third-order valence-electron chi connectivity index (χ3n) is 4.17. The van der Waals surface area contributed by atoms with Crippen LogP contribution in [0.5, 0.6) is 0 Å². The number of nitrogens with zero attached hydrogens (tertiary/aromatic N) is 3. The van der Waals surface area contributed by atoms with E-state index in [4.69, 9.17) is 0 Å². The highest BCUT2D eigenvalue weighted by atomic mass is 79.9. The molecule has 1 spiro atoms. The van der Waals surface area contributed by atoms with Crippen molar-refractivity contribution < 1.29 is 0 Å². The lowest BCUT2D eigenvalue weighted by atomic mass is 9.79. The lowest BCUT2D eigenvalue weighted by Gasteiger charge is -2.49. The second-order valence-electron chi connectivity index (χ2n) is 5.31. The summed E-state index contributed by atoms with van der Waals surface area (Å²) in [5, 5.41) is 3.55. The Morgan fingerprint density at radius 2 is 1.89 bits per heavy atom.